The summed E-state index contributed by atoms with van der Waals surface area (Å²) >= 11 is 0. The number of carbonyl (C=O) groups excluding carboxylic acids is 1. The van der Waals surface area contributed by atoms with Gasteiger partial charge in [0.15, 0.2) is 0 Å². The molecule has 5 heteroatoms. The molecule has 1 atom stereocenters. The van der Waals surface area contributed by atoms with Crippen molar-refractivity contribution in [3.05, 3.63) is 52.8 Å². The molecule has 1 aliphatic heterocycles. The van der Waals surface area contributed by atoms with Crippen molar-refractivity contribution in [2.75, 3.05) is 13.7 Å². The van der Waals surface area contributed by atoms with Gasteiger partial charge in [-0.25, -0.2) is 0 Å². The molecule has 3 rings (SSSR count). The van der Waals surface area contributed by atoms with Crippen molar-refractivity contribution < 1.29 is 9.53 Å². The molecule has 2 heterocycles. The van der Waals surface area contributed by atoms with Crippen LogP contribution in [0.2, 0.25) is 0 Å². The van der Waals surface area contributed by atoms with Gasteiger partial charge in [0.05, 0.1) is 24.9 Å². The van der Waals surface area contributed by atoms with Gasteiger partial charge < -0.3 is 9.64 Å². The van der Waals surface area contributed by atoms with Gasteiger partial charge in [-0.2, -0.15) is 5.10 Å². The van der Waals surface area contributed by atoms with E-state index in [-0.39, 0.29) is 11.9 Å². The van der Waals surface area contributed by atoms with Crippen molar-refractivity contribution in [2.45, 2.75) is 45.9 Å². The van der Waals surface area contributed by atoms with Crippen LogP contribution in [-0.4, -0.2) is 40.3 Å². The first kappa shape index (κ1) is 16.7. The van der Waals surface area contributed by atoms with Crippen LogP contribution in [0.15, 0.2) is 30.3 Å². The number of nitrogens with zero attached hydrogens (tertiary/aromatic N) is 3. The maximum atomic E-state index is 12.9. The number of methoxy groups -OCH3 is 1. The van der Waals surface area contributed by atoms with Gasteiger partial charge in [-0.15, -0.1) is 0 Å². The molecule has 1 aromatic carbocycles. The summed E-state index contributed by atoms with van der Waals surface area (Å²) in [7, 11) is 1.67. The number of aromatic nitrogens is 2. The Morgan fingerprint density at radius 1 is 1.29 bits per heavy atom. The maximum Gasteiger partial charge on any atom is 0.254 e. The molecule has 1 unspecified atom stereocenters. The molecular weight excluding hydrogens is 302 g/mol. The van der Waals surface area contributed by atoms with Crippen LogP contribution < -0.4 is 0 Å². The second-order valence-corrected chi connectivity index (χ2v) is 6.53. The van der Waals surface area contributed by atoms with Crippen LogP contribution in [-0.2, 0) is 17.9 Å². The molecule has 1 aliphatic rings. The van der Waals surface area contributed by atoms with Crippen LogP contribution in [0.4, 0.5) is 0 Å². The Labute approximate surface area is 143 Å². The lowest BCUT2D eigenvalue weighted by Crippen LogP contribution is -2.38. The van der Waals surface area contributed by atoms with Crippen LogP contribution in [0.25, 0.3) is 0 Å². The Balaban J connectivity index is 1.72. The second-order valence-electron chi connectivity index (χ2n) is 6.53. The minimum Gasteiger partial charge on any atom is -0.380 e. The number of carbonyl (C=O) groups is 1. The predicted molar refractivity (Wildman–Crippen MR) is 92.9 cm³/mol. The molecule has 1 aromatic heterocycles. The minimum atomic E-state index is 0.114. The van der Waals surface area contributed by atoms with Crippen LogP contribution in [0.1, 0.15) is 40.2 Å². The van der Waals surface area contributed by atoms with Crippen molar-refractivity contribution in [3.63, 3.8) is 0 Å². The highest BCUT2D eigenvalue weighted by Crippen LogP contribution is 2.22. The number of aryl methyl sites for hydroxylation is 2. The van der Waals surface area contributed by atoms with E-state index in [1.807, 2.05) is 40.8 Å². The van der Waals surface area contributed by atoms with Gasteiger partial charge in [-0.05, 0) is 50.5 Å². The zero-order valence-corrected chi connectivity index (χ0v) is 14.7. The van der Waals surface area contributed by atoms with Crippen molar-refractivity contribution in [3.8, 4) is 0 Å². The van der Waals surface area contributed by atoms with Gasteiger partial charge in [0.2, 0.25) is 0 Å². The number of benzene rings is 1. The van der Waals surface area contributed by atoms with Gasteiger partial charge in [0.1, 0.15) is 0 Å². The predicted octanol–water partition coefficient (Wildman–Crippen LogP) is 2.95. The van der Waals surface area contributed by atoms with E-state index in [0.717, 1.165) is 48.4 Å². The van der Waals surface area contributed by atoms with Crippen LogP contribution in [0, 0.1) is 13.8 Å². The highest BCUT2D eigenvalue weighted by atomic mass is 16.5. The fourth-order valence-electron chi connectivity index (χ4n) is 3.43. The monoisotopic (exact) mass is 327 g/mol. The van der Waals surface area contributed by atoms with E-state index in [1.165, 1.54) is 0 Å². The first-order valence-electron chi connectivity index (χ1n) is 8.48. The summed E-state index contributed by atoms with van der Waals surface area (Å²) in [5, 5.41) is 4.54. The molecule has 0 radical (unpaired) electrons. The molecular formula is C19H25N3O2. The standard InChI is InChI=1S/C19H25N3O2/c1-14-11-15(2)22(20-14)12-18-5-4-10-21(18)19(23)17-8-6-16(7-9-17)13-24-3/h6-9,11,18H,4-5,10,12-13H2,1-3H3. The molecule has 24 heavy (non-hydrogen) atoms. The molecule has 1 fully saturated rings. The van der Waals surface area contributed by atoms with Crippen molar-refractivity contribution >= 4 is 5.91 Å². The summed E-state index contributed by atoms with van der Waals surface area (Å²) in [4.78, 5) is 14.9. The lowest BCUT2D eigenvalue weighted by atomic mass is 10.1. The van der Waals surface area contributed by atoms with Crippen LogP contribution in [0.3, 0.4) is 0 Å². The van der Waals surface area contributed by atoms with E-state index >= 15 is 0 Å². The van der Waals surface area contributed by atoms with Gasteiger partial charge in [-0.1, -0.05) is 12.1 Å². The molecule has 128 valence electrons. The molecule has 5 nitrogen and oxygen atoms in total. The first-order valence-corrected chi connectivity index (χ1v) is 8.48. The number of hydrogen-bond acceptors (Lipinski definition) is 3. The van der Waals surface area contributed by atoms with E-state index < -0.39 is 0 Å². The summed E-state index contributed by atoms with van der Waals surface area (Å²) < 4.78 is 7.14. The molecule has 2 aromatic rings. The number of hydrogen-bond donors (Lipinski definition) is 0. The van der Waals surface area contributed by atoms with E-state index in [0.29, 0.717) is 6.61 Å². The van der Waals surface area contributed by atoms with E-state index in [1.54, 1.807) is 7.11 Å². The topological polar surface area (TPSA) is 47.4 Å². The van der Waals surface area contributed by atoms with Gasteiger partial charge in [0.25, 0.3) is 5.91 Å². The highest BCUT2D eigenvalue weighted by Gasteiger charge is 2.30. The summed E-state index contributed by atoms with van der Waals surface area (Å²) in [6.07, 6.45) is 2.09. The van der Waals surface area contributed by atoms with Crippen LogP contribution in [0.5, 0.6) is 0 Å². The Bertz CT molecular complexity index is 706. The molecule has 1 amide bonds. The Hall–Kier alpha value is -2.14. The number of rotatable bonds is 5. The molecule has 1 saturated heterocycles. The van der Waals surface area contributed by atoms with Crippen molar-refractivity contribution in [1.82, 2.24) is 14.7 Å². The second kappa shape index (κ2) is 7.18. The molecule has 0 aliphatic carbocycles. The SMILES string of the molecule is COCc1ccc(C(=O)N2CCCC2Cn2nc(C)cc2C)cc1. The third-order valence-corrected chi connectivity index (χ3v) is 4.64. The Morgan fingerprint density at radius 3 is 2.67 bits per heavy atom. The van der Waals surface area contributed by atoms with Crippen molar-refractivity contribution in [2.24, 2.45) is 0 Å². The zero-order chi connectivity index (χ0) is 17.1. The quantitative estimate of drug-likeness (QED) is 0.848. The van der Waals surface area contributed by atoms with E-state index in [9.17, 15) is 4.79 Å². The molecule has 0 spiro atoms. The lowest BCUT2D eigenvalue weighted by Gasteiger charge is -2.25. The van der Waals surface area contributed by atoms with E-state index in [2.05, 4.69) is 18.1 Å². The summed E-state index contributed by atoms with van der Waals surface area (Å²) in [5.74, 6) is 0.114. The zero-order valence-electron chi connectivity index (χ0n) is 14.7. The largest absolute Gasteiger partial charge is 0.380 e. The smallest absolute Gasteiger partial charge is 0.254 e. The third-order valence-electron chi connectivity index (χ3n) is 4.64. The lowest BCUT2D eigenvalue weighted by molar-refractivity contribution is 0.0721. The molecule has 0 bridgehead atoms. The van der Waals surface area contributed by atoms with Gasteiger partial charge >= 0.3 is 0 Å². The average molecular weight is 327 g/mol. The molecule has 0 N–H and O–H groups in total. The normalized spacial score (nSPS) is 17.5. The van der Waals surface area contributed by atoms with Crippen molar-refractivity contribution in [1.29, 1.82) is 0 Å². The maximum absolute atomic E-state index is 12.9. The number of amides is 1. The number of ether oxygens (including phenoxy) is 1. The average Bonchev–Trinajstić information content (AvgIpc) is 3.14. The summed E-state index contributed by atoms with van der Waals surface area (Å²) in [5.41, 5.74) is 4.00. The van der Waals surface area contributed by atoms with Gasteiger partial charge in [-0.3, -0.25) is 9.48 Å². The fourth-order valence-corrected chi connectivity index (χ4v) is 3.43. The molecule has 0 saturated carbocycles. The Kier molecular flexibility index (Phi) is 5.00. The number of likely N-dealkylation sites (tertiary alicyclic amines) is 1. The first-order chi connectivity index (χ1) is 11.6. The van der Waals surface area contributed by atoms with E-state index in [4.69, 9.17) is 4.74 Å². The van der Waals surface area contributed by atoms with Gasteiger partial charge in [0, 0.05) is 24.9 Å². The summed E-state index contributed by atoms with van der Waals surface area (Å²) in [6.45, 7) is 6.23. The Morgan fingerprint density at radius 2 is 2.04 bits per heavy atom. The third kappa shape index (κ3) is 3.51. The fraction of sp³-hybridized carbons (Fsp3) is 0.474. The highest BCUT2D eigenvalue weighted by molar-refractivity contribution is 5.94. The minimum absolute atomic E-state index is 0.114. The summed E-state index contributed by atoms with van der Waals surface area (Å²) in [6, 6.07) is 10.0. The van der Waals surface area contributed by atoms with Crippen LogP contribution >= 0.6 is 0 Å².